The Labute approximate surface area is 153 Å². The third kappa shape index (κ3) is 3.95. The van der Waals surface area contributed by atoms with Crippen molar-refractivity contribution in [2.75, 3.05) is 12.4 Å². The first-order valence-electron chi connectivity index (χ1n) is 5.89. The van der Waals surface area contributed by atoms with E-state index in [-0.39, 0.29) is 5.91 Å². The Bertz CT molecular complexity index is 708. The summed E-state index contributed by atoms with van der Waals surface area (Å²) in [6, 6.07) is 5.49. The van der Waals surface area contributed by atoms with Crippen molar-refractivity contribution in [3.05, 3.63) is 48.0 Å². The number of halogens is 3. The molecule has 1 amide bonds. The zero-order valence-electron chi connectivity index (χ0n) is 11.2. The van der Waals surface area contributed by atoms with Crippen LogP contribution in [0.25, 0.3) is 0 Å². The molecule has 110 valence electrons. The molecule has 0 radical (unpaired) electrons. The first-order valence-corrected chi connectivity index (χ1v) is 8.55. The topological polar surface area (TPSA) is 51.2 Å². The highest BCUT2D eigenvalue weighted by molar-refractivity contribution is 14.1. The molecule has 0 saturated carbocycles. The second-order valence-corrected chi connectivity index (χ2v) is 7.26. The van der Waals surface area contributed by atoms with Crippen molar-refractivity contribution >= 4 is 66.2 Å². The van der Waals surface area contributed by atoms with Crippen molar-refractivity contribution in [1.29, 1.82) is 0 Å². The number of hydrogen-bond donors (Lipinski definition) is 1. The van der Waals surface area contributed by atoms with E-state index in [1.165, 1.54) is 7.11 Å². The molecular weight excluding hydrogens is 515 g/mol. The second kappa shape index (κ2) is 7.06. The van der Waals surface area contributed by atoms with Gasteiger partial charge in [0.15, 0.2) is 0 Å². The lowest BCUT2D eigenvalue weighted by atomic mass is 10.2. The molecule has 7 heteroatoms. The van der Waals surface area contributed by atoms with Gasteiger partial charge in [0.05, 0.1) is 17.1 Å². The average molecular weight is 526 g/mol. The minimum absolute atomic E-state index is 0.273. The Balaban J connectivity index is 2.36. The number of benzene rings is 1. The maximum atomic E-state index is 12.5. The summed E-state index contributed by atoms with van der Waals surface area (Å²) in [5.74, 6) is 0.753. The quantitative estimate of drug-likeness (QED) is 0.587. The van der Waals surface area contributed by atoms with E-state index in [1.54, 1.807) is 12.3 Å². The van der Waals surface area contributed by atoms with Gasteiger partial charge in [-0.3, -0.25) is 4.79 Å². The number of ether oxygens (including phenoxy) is 1. The molecule has 4 nitrogen and oxygen atoms in total. The SMILES string of the molecule is COc1c(Br)cc(Br)cc1C(=O)Nc1ncc(I)cc1C. The van der Waals surface area contributed by atoms with Gasteiger partial charge in [-0.05, 0) is 69.2 Å². The number of carbonyl (C=O) groups excluding carboxylic acids is 1. The number of aromatic nitrogens is 1. The highest BCUT2D eigenvalue weighted by Crippen LogP contribution is 2.33. The standard InChI is InChI=1S/C14H11Br2IN2O2/c1-7-3-9(17)6-18-13(7)19-14(20)10-4-8(15)5-11(16)12(10)21-2/h3-6H,1-2H3,(H,18,19,20). The minimum Gasteiger partial charge on any atom is -0.495 e. The fraction of sp³-hybridized carbons (Fsp3) is 0.143. The number of rotatable bonds is 3. The van der Waals surface area contributed by atoms with Crippen LogP contribution in [0.3, 0.4) is 0 Å². The van der Waals surface area contributed by atoms with Gasteiger partial charge < -0.3 is 10.1 Å². The lowest BCUT2D eigenvalue weighted by molar-refractivity contribution is 0.102. The summed E-state index contributed by atoms with van der Waals surface area (Å²) < 4.78 is 7.80. The molecule has 1 heterocycles. The highest BCUT2D eigenvalue weighted by Gasteiger charge is 2.17. The molecule has 1 N–H and O–H groups in total. The van der Waals surface area contributed by atoms with Crippen molar-refractivity contribution in [1.82, 2.24) is 4.98 Å². The third-order valence-corrected chi connectivity index (χ3v) is 4.37. The highest BCUT2D eigenvalue weighted by atomic mass is 127. The third-order valence-electron chi connectivity index (χ3n) is 2.73. The van der Waals surface area contributed by atoms with Gasteiger partial charge in [0.2, 0.25) is 0 Å². The lowest BCUT2D eigenvalue weighted by Crippen LogP contribution is -2.15. The fourth-order valence-corrected chi connectivity index (χ4v) is 3.78. The Morgan fingerprint density at radius 1 is 1.33 bits per heavy atom. The predicted octanol–water partition coefficient (Wildman–Crippen LogP) is 4.78. The molecule has 1 aromatic heterocycles. The molecule has 0 atom stereocenters. The van der Waals surface area contributed by atoms with E-state index in [4.69, 9.17) is 4.74 Å². The van der Waals surface area contributed by atoms with E-state index in [2.05, 4.69) is 64.8 Å². The summed E-state index contributed by atoms with van der Waals surface area (Å²) in [6.45, 7) is 1.90. The van der Waals surface area contributed by atoms with Gasteiger partial charge in [0.25, 0.3) is 5.91 Å². The normalized spacial score (nSPS) is 10.3. The van der Waals surface area contributed by atoms with Crippen LogP contribution in [-0.2, 0) is 0 Å². The fourth-order valence-electron chi connectivity index (χ4n) is 1.78. The number of aryl methyl sites for hydroxylation is 1. The summed E-state index contributed by atoms with van der Waals surface area (Å²) in [5, 5.41) is 2.81. The minimum atomic E-state index is -0.273. The molecule has 0 aliphatic carbocycles. The molecule has 0 spiro atoms. The summed E-state index contributed by atoms with van der Waals surface area (Å²) in [5.41, 5.74) is 1.33. The predicted molar refractivity (Wildman–Crippen MR) is 98.0 cm³/mol. The first kappa shape index (κ1) is 16.7. The molecule has 0 aliphatic rings. The van der Waals surface area contributed by atoms with Crippen molar-refractivity contribution < 1.29 is 9.53 Å². The van der Waals surface area contributed by atoms with Crippen LogP contribution in [0.1, 0.15) is 15.9 Å². The van der Waals surface area contributed by atoms with E-state index < -0.39 is 0 Å². The number of nitrogens with zero attached hydrogens (tertiary/aromatic N) is 1. The van der Waals surface area contributed by atoms with Crippen molar-refractivity contribution in [3.63, 3.8) is 0 Å². The number of hydrogen-bond acceptors (Lipinski definition) is 3. The summed E-state index contributed by atoms with van der Waals surface area (Å²) in [6.07, 6.45) is 1.71. The van der Waals surface area contributed by atoms with Crippen LogP contribution in [0.15, 0.2) is 33.3 Å². The van der Waals surface area contributed by atoms with Crippen LogP contribution in [0.2, 0.25) is 0 Å². The van der Waals surface area contributed by atoms with Crippen LogP contribution in [0, 0.1) is 10.5 Å². The number of anilines is 1. The van der Waals surface area contributed by atoms with Crippen LogP contribution >= 0.6 is 54.5 Å². The molecule has 0 saturated heterocycles. The molecule has 0 aliphatic heterocycles. The molecule has 2 rings (SSSR count). The zero-order valence-corrected chi connectivity index (χ0v) is 16.5. The Kier molecular flexibility index (Phi) is 5.61. The lowest BCUT2D eigenvalue weighted by Gasteiger charge is -2.12. The van der Waals surface area contributed by atoms with Gasteiger partial charge in [-0.1, -0.05) is 15.9 Å². The summed E-state index contributed by atoms with van der Waals surface area (Å²) >= 11 is 8.94. The number of amides is 1. The summed E-state index contributed by atoms with van der Waals surface area (Å²) in [4.78, 5) is 16.7. The molecule has 21 heavy (non-hydrogen) atoms. The smallest absolute Gasteiger partial charge is 0.260 e. The van der Waals surface area contributed by atoms with E-state index in [9.17, 15) is 4.79 Å². The van der Waals surface area contributed by atoms with E-state index in [0.717, 1.165) is 13.6 Å². The number of methoxy groups -OCH3 is 1. The van der Waals surface area contributed by atoms with E-state index >= 15 is 0 Å². The van der Waals surface area contributed by atoms with Crippen molar-refractivity contribution in [2.24, 2.45) is 0 Å². The van der Waals surface area contributed by atoms with Crippen LogP contribution in [0.5, 0.6) is 5.75 Å². The zero-order chi connectivity index (χ0) is 15.6. The second-order valence-electron chi connectivity index (χ2n) is 4.24. The van der Waals surface area contributed by atoms with Gasteiger partial charge >= 0.3 is 0 Å². The monoisotopic (exact) mass is 524 g/mol. The maximum Gasteiger partial charge on any atom is 0.260 e. The molecule has 1 aromatic carbocycles. The molecule has 0 unspecified atom stereocenters. The number of pyridine rings is 1. The van der Waals surface area contributed by atoms with Crippen LogP contribution in [-0.4, -0.2) is 18.0 Å². The van der Waals surface area contributed by atoms with Gasteiger partial charge in [0.1, 0.15) is 11.6 Å². The Hall–Kier alpha value is -0.670. The molecule has 2 aromatic rings. The van der Waals surface area contributed by atoms with Gasteiger partial charge in [0, 0.05) is 14.2 Å². The first-order chi connectivity index (χ1) is 9.92. The Morgan fingerprint density at radius 3 is 2.67 bits per heavy atom. The van der Waals surface area contributed by atoms with E-state index in [0.29, 0.717) is 21.6 Å². The molecule has 0 fully saturated rings. The van der Waals surface area contributed by atoms with Crippen LogP contribution in [0.4, 0.5) is 5.82 Å². The van der Waals surface area contributed by atoms with Gasteiger partial charge in [-0.15, -0.1) is 0 Å². The van der Waals surface area contributed by atoms with Gasteiger partial charge in [-0.2, -0.15) is 0 Å². The van der Waals surface area contributed by atoms with Crippen LogP contribution < -0.4 is 10.1 Å². The average Bonchev–Trinajstić information content (AvgIpc) is 2.41. The number of nitrogens with one attached hydrogen (secondary N) is 1. The maximum absolute atomic E-state index is 12.5. The van der Waals surface area contributed by atoms with Crippen molar-refractivity contribution in [3.8, 4) is 5.75 Å². The van der Waals surface area contributed by atoms with Crippen molar-refractivity contribution in [2.45, 2.75) is 6.92 Å². The number of carbonyl (C=O) groups is 1. The van der Waals surface area contributed by atoms with E-state index in [1.807, 2.05) is 19.1 Å². The molecule has 0 bridgehead atoms. The Morgan fingerprint density at radius 2 is 2.05 bits per heavy atom. The molecular formula is C14H11Br2IN2O2. The summed E-state index contributed by atoms with van der Waals surface area (Å²) in [7, 11) is 1.53. The largest absolute Gasteiger partial charge is 0.495 e. The van der Waals surface area contributed by atoms with Gasteiger partial charge in [-0.25, -0.2) is 4.98 Å².